The zero-order chi connectivity index (χ0) is 83.6. The van der Waals surface area contributed by atoms with Gasteiger partial charge in [-0.3, -0.25) is 43.2 Å². The molecule has 115 heavy (non-hydrogen) atoms. The van der Waals surface area contributed by atoms with E-state index in [4.69, 9.17) is 9.47 Å². The van der Waals surface area contributed by atoms with Gasteiger partial charge in [0.1, 0.15) is 18.1 Å². The summed E-state index contributed by atoms with van der Waals surface area (Å²) in [6.07, 6.45) is 30.5. The van der Waals surface area contributed by atoms with Gasteiger partial charge >= 0.3 is 36.8 Å². The Morgan fingerprint density at radius 1 is 0.417 bits per heavy atom. The van der Waals surface area contributed by atoms with Crippen molar-refractivity contribution in [2.45, 2.75) is 306 Å². The van der Waals surface area contributed by atoms with Crippen LogP contribution in [0.3, 0.4) is 0 Å². The van der Waals surface area contributed by atoms with Gasteiger partial charge in [-0.25, -0.2) is 0 Å². The first-order valence-electron chi connectivity index (χ1n) is 43.4. The van der Waals surface area contributed by atoms with E-state index in [-0.39, 0.29) is 212 Å². The Bertz CT molecular complexity index is 4460. The molecule has 0 aromatic rings. The van der Waals surface area contributed by atoms with Gasteiger partial charge < -0.3 is 20.1 Å². The minimum Gasteiger partial charge on any atom is -0.870 e. The summed E-state index contributed by atoms with van der Waals surface area (Å²) in [6, 6.07) is 6.67. The van der Waals surface area contributed by atoms with Crippen LogP contribution in [0.1, 0.15) is 306 Å². The molecule has 15 aliphatic carbocycles. The average molecular weight is 1570 g/mol. The largest absolute Gasteiger partial charge is 1.00 e. The van der Waals surface area contributed by atoms with Gasteiger partial charge in [-0.1, -0.05) is 174 Å². The fraction of sp³-hybridized carbons (Fsp3) is 0.776. The molecule has 22 atom stereocenters. The van der Waals surface area contributed by atoms with Crippen molar-refractivity contribution in [2.75, 3.05) is 14.2 Å². The van der Waals surface area contributed by atoms with E-state index in [9.17, 15) is 64.0 Å². The summed E-state index contributed by atoms with van der Waals surface area (Å²) in [6.45, 7) is 46.3. The number of fused-ring (bicyclic) bond motifs is 21. The minimum absolute atomic E-state index is 0. The van der Waals surface area contributed by atoms with Crippen molar-refractivity contribution >= 4 is 52.6 Å². The van der Waals surface area contributed by atoms with Crippen LogP contribution in [0, 0.1) is 191 Å². The topological polar surface area (TPSA) is 294 Å². The molecule has 622 valence electrons. The van der Waals surface area contributed by atoms with Gasteiger partial charge in [0, 0.05) is 44.8 Å². The van der Waals surface area contributed by atoms with Gasteiger partial charge in [0.05, 0.1) is 50.7 Å². The van der Waals surface area contributed by atoms with Crippen molar-refractivity contribution < 1.29 is 82.1 Å². The summed E-state index contributed by atoms with van der Waals surface area (Å²) in [5, 5.41) is 39.6. The van der Waals surface area contributed by atoms with Crippen LogP contribution >= 0.6 is 0 Å². The summed E-state index contributed by atoms with van der Waals surface area (Å²) < 4.78 is 10.3. The molecule has 10 unspecified atom stereocenters. The van der Waals surface area contributed by atoms with E-state index in [0.717, 1.165) is 146 Å². The third kappa shape index (κ3) is 12.7. The number of rotatable bonds is 6. The maximum Gasteiger partial charge on any atom is 1.00 e. The number of carboxylic acid groups (broad SMARTS) is 1. The van der Waals surface area contributed by atoms with Crippen LogP contribution in [-0.4, -0.2) is 77.4 Å². The van der Waals surface area contributed by atoms with Crippen LogP contribution in [0.15, 0.2) is 58.2 Å². The Hall–Kier alpha value is -5.84. The quantitative estimate of drug-likeness (QED) is 0.191. The average Bonchev–Trinajstić information content (AvgIpc) is 0.679. The first kappa shape index (κ1) is 89.9. The van der Waals surface area contributed by atoms with E-state index in [1.807, 2.05) is 71.9 Å². The molecule has 17 heteroatoms. The molecule has 15 aliphatic rings. The van der Waals surface area contributed by atoms with Gasteiger partial charge in [-0.2, -0.15) is 15.8 Å². The van der Waals surface area contributed by atoms with E-state index in [0.29, 0.717) is 19.3 Å². The third-order valence-electron chi connectivity index (χ3n) is 38.5. The van der Waals surface area contributed by atoms with Crippen molar-refractivity contribution in [1.82, 2.24) is 0 Å². The fourth-order valence-electron chi connectivity index (χ4n) is 31.6. The van der Waals surface area contributed by atoms with Crippen LogP contribution in [0.5, 0.6) is 0 Å². The molecule has 15 rings (SSSR count). The Labute approximate surface area is 699 Å². The molecule has 10 fully saturated rings. The molecule has 0 aliphatic heterocycles. The van der Waals surface area contributed by atoms with E-state index in [1.54, 1.807) is 0 Å². The summed E-state index contributed by atoms with van der Waals surface area (Å²) in [5.41, 5.74) is -1.33. The second-order valence-corrected chi connectivity index (χ2v) is 46.3. The number of hydrogen-bond acceptors (Lipinski definition) is 15. The molecule has 16 nitrogen and oxygen atoms in total. The van der Waals surface area contributed by atoms with Crippen molar-refractivity contribution in [2.24, 2.45) is 157 Å². The van der Waals surface area contributed by atoms with Gasteiger partial charge in [0.15, 0.2) is 34.7 Å². The second-order valence-electron chi connectivity index (χ2n) is 46.3. The summed E-state index contributed by atoms with van der Waals surface area (Å²) in [7, 11) is 2.94. The summed E-state index contributed by atoms with van der Waals surface area (Å²) in [4.78, 5) is 120. The van der Waals surface area contributed by atoms with E-state index >= 15 is 0 Å². The molecule has 0 radical (unpaired) electrons. The number of nitrogens with zero attached hydrogens (tertiary/aromatic N) is 3. The molecule has 2 N–H and O–H groups in total. The second kappa shape index (κ2) is 28.4. The minimum atomic E-state index is -0.754. The monoisotopic (exact) mass is 1570 g/mol. The molecule has 0 saturated heterocycles. The van der Waals surface area contributed by atoms with Gasteiger partial charge in [0.25, 0.3) is 0 Å². The van der Waals surface area contributed by atoms with Crippen molar-refractivity contribution in [3.63, 3.8) is 0 Å². The molecular formula is C98H136LiN3O13. The molecular weight excluding hydrogens is 1430 g/mol. The number of ketones is 6. The molecule has 0 spiro atoms. The molecule has 10 saturated carbocycles. The zero-order valence-corrected chi connectivity index (χ0v) is 74.6. The molecule has 0 aromatic heterocycles. The number of nitriles is 3. The maximum absolute atomic E-state index is 14.5. The van der Waals surface area contributed by atoms with E-state index in [1.165, 1.54) is 19.8 Å². The van der Waals surface area contributed by atoms with Gasteiger partial charge in [-0.05, 0) is 265 Å². The summed E-state index contributed by atoms with van der Waals surface area (Å²) in [5.74, 6) is -1.24. The van der Waals surface area contributed by atoms with Crippen molar-refractivity contribution in [1.29, 1.82) is 15.8 Å². The Kier molecular flexibility index (Phi) is 22.2. The standard InChI is InChI=1S/C33H47NO4.C33H45NO4.C32H43NO4.Li.H2O/c2*1-28(2)11-13-33(18-25(36)38-8)14-12-32(7)26(21(33)17-28)22(35)15-24-30(5)16-20(19-34)27(37)29(3,4)23(30)9-10-31(24,32)6;1-27(2)10-12-32(17-24(35)36)13-11-31(7)25(20(32)16-27)21(34)14-23-29(5)15-19(18-33)26(37)28(3,4)22(29)8-9-30(23,31)6;;/h15,20-21,23,26H,9-14,16-18H2,1-8H3;15-16,21,23,26H,9-14,17-18H2,1-8H3;14-15,20,22,25H,8-13,16-17H2,1-7H3,(H,35,36);;1H2/q;;;+1;/p-1/t20?,21?,23?,26?,30-,31+,32+,33+;21?,23?,26?,30-,31+,32+,33+;20?,22?,25?,29-,30+,31+,32+;;/m000../s1. The van der Waals surface area contributed by atoms with E-state index < -0.39 is 39.0 Å². The van der Waals surface area contributed by atoms with Crippen LogP contribution in [0.2, 0.25) is 0 Å². The van der Waals surface area contributed by atoms with Crippen LogP contribution < -0.4 is 18.9 Å². The Balaban J connectivity index is 0.000000168. The van der Waals surface area contributed by atoms with E-state index in [2.05, 4.69) is 122 Å². The summed E-state index contributed by atoms with van der Waals surface area (Å²) >= 11 is 0. The number of aliphatic carboxylic acids is 1. The Morgan fingerprint density at radius 2 is 0.722 bits per heavy atom. The molecule has 0 bridgehead atoms. The van der Waals surface area contributed by atoms with Crippen molar-refractivity contribution in [3.05, 3.63) is 58.2 Å². The first-order valence-corrected chi connectivity index (χ1v) is 43.4. The number of allylic oxidation sites excluding steroid dienone is 10. The van der Waals surface area contributed by atoms with Gasteiger partial charge in [0.2, 0.25) is 0 Å². The molecule has 0 aromatic carbocycles. The predicted octanol–water partition coefficient (Wildman–Crippen LogP) is 17.1. The van der Waals surface area contributed by atoms with Gasteiger partial charge in [-0.15, -0.1) is 0 Å². The van der Waals surface area contributed by atoms with Crippen LogP contribution in [0.25, 0.3) is 0 Å². The number of Topliss-reactive ketones (excluding diaryl/α,β-unsaturated/α-hetero) is 3. The number of methoxy groups -OCH3 is 2. The number of carboxylic acids is 1. The smallest absolute Gasteiger partial charge is 0.870 e. The molecule has 0 amide bonds. The molecule has 0 heterocycles. The number of esters is 2. The first-order chi connectivity index (χ1) is 52.0. The predicted molar refractivity (Wildman–Crippen MR) is 434 cm³/mol. The number of ether oxygens (including phenoxy) is 2. The zero-order valence-electron chi connectivity index (χ0n) is 74.6. The SMILES string of the molecule is CC1(C)CC[C@]2(CC(=O)O)CC[C@]3(C)C(C(=O)C=C4[C@@]5(C)C=C(C#N)C(=O)C(C)(C)C5CC[C@]43C)C2C1.COC(=O)C[C@]12CCC(C)(C)CC1C1C(=O)C=C3[C@@]4(C)C=C(C#N)C(=O)C(C)(C)C4CC[C@@]3(C)[C@]1(C)CC2.COC(=O)C[C@]12CCC(C)(C)CC1C1C(=O)C=C3[C@@]4(C)CC(C#N)C(=O)C(C)(C)C4CC[C@@]3(C)[C@]1(C)CC2.[Li+].[OH-]. The van der Waals surface area contributed by atoms with Crippen LogP contribution in [-0.2, 0) is 52.6 Å². The fourth-order valence-corrected chi connectivity index (χ4v) is 31.6. The maximum atomic E-state index is 14.5. The number of carbonyl (C=O) groups is 9. The number of hydrogen-bond donors (Lipinski definition) is 1. The van der Waals surface area contributed by atoms with Crippen LogP contribution in [0.4, 0.5) is 0 Å². The number of carbonyl (C=O) groups excluding carboxylic acids is 8. The normalized spacial score (nSPS) is 45.0. The Morgan fingerprint density at radius 3 is 1.03 bits per heavy atom. The van der Waals surface area contributed by atoms with Crippen molar-refractivity contribution in [3.8, 4) is 18.2 Å². The third-order valence-corrected chi connectivity index (χ3v) is 38.5.